The third kappa shape index (κ3) is 15.7. The number of aliphatic hydroxyl groups is 1. The van der Waals surface area contributed by atoms with Gasteiger partial charge in [-0.1, -0.05) is 70.7 Å². The maximum absolute atomic E-state index is 12.4. The van der Waals surface area contributed by atoms with E-state index in [1.54, 1.807) is 24.3 Å². The van der Waals surface area contributed by atoms with E-state index in [0.29, 0.717) is 24.0 Å². The van der Waals surface area contributed by atoms with Crippen LogP contribution in [0, 0.1) is 0 Å². The molecule has 0 aromatic heterocycles. The van der Waals surface area contributed by atoms with Gasteiger partial charge in [0.1, 0.15) is 5.76 Å². The van der Waals surface area contributed by atoms with E-state index in [0.717, 1.165) is 6.08 Å². The van der Waals surface area contributed by atoms with Gasteiger partial charge in [-0.2, -0.15) is 0 Å². The maximum Gasteiger partial charge on any atom is 0.311 e. The summed E-state index contributed by atoms with van der Waals surface area (Å²) in [5.74, 6) is -2.18. The SMILES string of the molecule is COc1cc(/C=C/C(=O)/C=C(O)/C=C/c2ccc(OC(=O)CCCNC(=O)C(Cl)Cl)c(OC)c2)ccc1OC(=O)CCCNC(=O)C(Cl)Cl. The first kappa shape index (κ1) is 40.9. The Balaban J connectivity index is 1.92. The third-order valence-electron chi connectivity index (χ3n) is 6.11. The van der Waals surface area contributed by atoms with E-state index >= 15 is 0 Å². The Morgan fingerprint density at radius 2 is 1.12 bits per heavy atom. The summed E-state index contributed by atoms with van der Waals surface area (Å²) in [7, 11) is 2.79. The second-order valence-electron chi connectivity index (χ2n) is 9.80. The minimum Gasteiger partial charge on any atom is -0.508 e. The number of ketones is 1. The Morgan fingerprint density at radius 1 is 0.694 bits per heavy atom. The number of amides is 2. The molecule has 0 bridgehead atoms. The lowest BCUT2D eigenvalue weighted by atomic mass is 10.1. The van der Waals surface area contributed by atoms with Gasteiger partial charge in [0.15, 0.2) is 38.5 Å². The smallest absolute Gasteiger partial charge is 0.311 e. The standard InChI is InChI=1S/C33H34Cl4N2O10/c1-46-26-17-20(9-13-24(26)48-28(42)5-3-15-38-32(44)30(34)35)7-11-22(40)19-23(41)12-8-21-10-14-25(27(18-21)47-2)49-29(43)6-4-16-39-33(45)31(36)37/h7-14,17-19,30-31,40H,3-6,15-16H2,1-2H3,(H,38,44)(H,39,45)/b11-7+,12-8+,22-19-. The predicted molar refractivity (Wildman–Crippen MR) is 187 cm³/mol. The number of hydrogen-bond donors (Lipinski definition) is 3. The average molecular weight is 760 g/mol. The van der Waals surface area contributed by atoms with Crippen molar-refractivity contribution in [2.75, 3.05) is 27.3 Å². The molecule has 264 valence electrons. The summed E-state index contributed by atoms with van der Waals surface area (Å²) in [6.07, 6.45) is 7.22. The summed E-state index contributed by atoms with van der Waals surface area (Å²) in [4.78, 5) is 57.1. The Bertz CT molecular complexity index is 1570. The summed E-state index contributed by atoms with van der Waals surface area (Å²) in [6, 6.07) is 9.37. The molecule has 0 spiro atoms. The molecule has 0 heterocycles. The number of carbonyl (C=O) groups is 5. The van der Waals surface area contributed by atoms with Gasteiger partial charge < -0.3 is 34.7 Å². The molecule has 2 aromatic rings. The molecule has 0 aliphatic carbocycles. The molecule has 49 heavy (non-hydrogen) atoms. The first-order valence-electron chi connectivity index (χ1n) is 14.5. The predicted octanol–water partition coefficient (Wildman–Crippen LogP) is 5.65. The lowest BCUT2D eigenvalue weighted by molar-refractivity contribution is -0.135. The summed E-state index contributed by atoms with van der Waals surface area (Å²) in [5, 5.41) is 15.2. The first-order valence-corrected chi connectivity index (χ1v) is 16.3. The summed E-state index contributed by atoms with van der Waals surface area (Å²) in [5.41, 5.74) is 1.14. The van der Waals surface area contributed by atoms with Crippen LogP contribution in [0.1, 0.15) is 36.8 Å². The zero-order valence-electron chi connectivity index (χ0n) is 26.4. The Morgan fingerprint density at radius 3 is 1.53 bits per heavy atom. The van der Waals surface area contributed by atoms with Crippen molar-refractivity contribution < 1.29 is 48.0 Å². The van der Waals surface area contributed by atoms with Gasteiger partial charge in [0.2, 0.25) is 0 Å². The van der Waals surface area contributed by atoms with Crippen LogP contribution in [0.15, 0.2) is 60.4 Å². The topological polar surface area (TPSA) is 167 Å². The zero-order valence-corrected chi connectivity index (χ0v) is 29.4. The van der Waals surface area contributed by atoms with E-state index < -0.39 is 39.2 Å². The number of methoxy groups -OCH3 is 2. The molecule has 0 saturated carbocycles. The molecule has 0 aliphatic heterocycles. The Hall–Kier alpha value is -4.23. The zero-order chi connectivity index (χ0) is 36.3. The molecule has 0 saturated heterocycles. The van der Waals surface area contributed by atoms with E-state index in [9.17, 15) is 29.1 Å². The van der Waals surface area contributed by atoms with Crippen molar-refractivity contribution in [3.63, 3.8) is 0 Å². The Labute approximate surface area is 302 Å². The molecule has 2 rings (SSSR count). The monoisotopic (exact) mass is 758 g/mol. The quantitative estimate of drug-likeness (QED) is 0.0310. The van der Waals surface area contributed by atoms with Crippen molar-refractivity contribution in [1.29, 1.82) is 0 Å². The van der Waals surface area contributed by atoms with Gasteiger partial charge in [-0.15, -0.1) is 0 Å². The lowest BCUT2D eigenvalue weighted by Gasteiger charge is -2.10. The van der Waals surface area contributed by atoms with Gasteiger partial charge in [-0.3, -0.25) is 24.0 Å². The van der Waals surface area contributed by atoms with Crippen LogP contribution in [0.3, 0.4) is 0 Å². The van der Waals surface area contributed by atoms with Gasteiger partial charge in [0, 0.05) is 32.0 Å². The van der Waals surface area contributed by atoms with Crippen molar-refractivity contribution in [3.8, 4) is 23.0 Å². The third-order valence-corrected chi connectivity index (χ3v) is 6.90. The number of nitrogens with one attached hydrogen (secondary N) is 2. The van der Waals surface area contributed by atoms with Crippen LogP contribution in [-0.4, -0.2) is 71.6 Å². The van der Waals surface area contributed by atoms with Gasteiger partial charge in [0.25, 0.3) is 11.8 Å². The lowest BCUT2D eigenvalue weighted by Crippen LogP contribution is -2.29. The molecule has 0 unspecified atom stereocenters. The largest absolute Gasteiger partial charge is 0.508 e. The fourth-order valence-corrected chi connectivity index (χ4v) is 4.05. The van der Waals surface area contributed by atoms with Crippen LogP contribution in [0.2, 0.25) is 0 Å². The second-order valence-corrected chi connectivity index (χ2v) is 12.0. The molecule has 0 fully saturated rings. The fourth-order valence-electron chi connectivity index (χ4n) is 3.74. The number of rotatable bonds is 19. The van der Waals surface area contributed by atoms with Crippen molar-refractivity contribution in [2.45, 2.75) is 35.4 Å². The molecule has 2 amide bonds. The number of hydrogen-bond acceptors (Lipinski definition) is 10. The number of halogens is 4. The van der Waals surface area contributed by atoms with Crippen molar-refractivity contribution >= 4 is 88.1 Å². The minimum atomic E-state index is -1.19. The molecule has 12 nitrogen and oxygen atoms in total. The molecule has 3 N–H and O–H groups in total. The van der Waals surface area contributed by atoms with Gasteiger partial charge in [-0.05, 0) is 60.4 Å². The summed E-state index contributed by atoms with van der Waals surface area (Å²) in [6.45, 7) is 0.387. The van der Waals surface area contributed by atoms with E-state index in [4.69, 9.17) is 65.4 Å². The molecular formula is C33H34Cl4N2O10. The summed E-state index contributed by atoms with van der Waals surface area (Å²) >= 11 is 21.8. The first-order chi connectivity index (χ1) is 23.3. The molecule has 16 heteroatoms. The minimum absolute atomic E-state index is 0.0180. The van der Waals surface area contributed by atoms with Gasteiger partial charge in [-0.25, -0.2) is 0 Å². The number of allylic oxidation sites excluding steroid dienone is 3. The highest BCUT2D eigenvalue weighted by atomic mass is 35.5. The maximum atomic E-state index is 12.4. The van der Waals surface area contributed by atoms with E-state index in [2.05, 4.69) is 10.6 Å². The average Bonchev–Trinajstić information content (AvgIpc) is 3.07. The fraction of sp³-hybridized carbons (Fsp3) is 0.303. The van der Waals surface area contributed by atoms with Gasteiger partial charge >= 0.3 is 11.9 Å². The van der Waals surface area contributed by atoms with Gasteiger partial charge in [0.05, 0.1) is 14.2 Å². The van der Waals surface area contributed by atoms with Crippen molar-refractivity contribution in [3.05, 3.63) is 71.5 Å². The molecular weight excluding hydrogens is 726 g/mol. The van der Waals surface area contributed by atoms with Crippen molar-refractivity contribution in [2.24, 2.45) is 0 Å². The Kier molecular flexibility index (Phi) is 18.1. The molecule has 0 atom stereocenters. The highest BCUT2D eigenvalue weighted by Gasteiger charge is 2.14. The van der Waals surface area contributed by atoms with Crippen LogP contribution in [-0.2, 0) is 24.0 Å². The number of carbonyl (C=O) groups excluding carboxylic acids is 5. The van der Waals surface area contributed by atoms with Crippen LogP contribution < -0.4 is 29.6 Å². The normalized spacial score (nSPS) is 11.6. The highest BCUT2D eigenvalue weighted by Crippen LogP contribution is 2.30. The van der Waals surface area contributed by atoms with E-state index in [-0.39, 0.29) is 54.7 Å². The molecule has 2 aromatic carbocycles. The summed E-state index contributed by atoms with van der Waals surface area (Å²) < 4.78 is 21.3. The number of aliphatic hydroxyl groups excluding tert-OH is 1. The number of esters is 2. The molecule has 0 radical (unpaired) electrons. The number of ether oxygens (including phenoxy) is 4. The second kappa shape index (κ2) is 21.7. The highest BCUT2D eigenvalue weighted by molar-refractivity contribution is 6.53. The van der Waals surface area contributed by atoms with E-state index in [1.807, 2.05) is 0 Å². The van der Waals surface area contributed by atoms with E-state index in [1.165, 1.54) is 50.7 Å². The van der Waals surface area contributed by atoms with Crippen molar-refractivity contribution in [1.82, 2.24) is 10.6 Å². The molecule has 0 aliphatic rings. The van der Waals surface area contributed by atoms with Crippen LogP contribution >= 0.6 is 46.4 Å². The number of benzene rings is 2. The van der Waals surface area contributed by atoms with Crippen LogP contribution in [0.5, 0.6) is 23.0 Å². The van der Waals surface area contributed by atoms with Crippen LogP contribution in [0.4, 0.5) is 0 Å². The number of alkyl halides is 4. The van der Waals surface area contributed by atoms with Crippen LogP contribution in [0.25, 0.3) is 12.2 Å².